The van der Waals surface area contributed by atoms with Gasteiger partial charge in [-0.1, -0.05) is 39.0 Å². The number of piperazine rings is 1. The van der Waals surface area contributed by atoms with E-state index in [4.69, 9.17) is 16.0 Å². The monoisotopic (exact) mass is 868 g/mol. The second-order valence-corrected chi connectivity index (χ2v) is 18.0. The smallest absolute Gasteiger partial charge is 0.255 e. The van der Waals surface area contributed by atoms with Crippen LogP contribution in [0, 0.1) is 6.57 Å². The van der Waals surface area contributed by atoms with Crippen LogP contribution in [-0.4, -0.2) is 133 Å². The molecule has 1 aliphatic carbocycles. The van der Waals surface area contributed by atoms with Crippen molar-refractivity contribution in [1.82, 2.24) is 25.0 Å². The molecule has 5 aliphatic rings. The highest BCUT2D eigenvalue weighted by molar-refractivity contribution is 6.20. The molecular formula is C49H56N8O7. The van der Waals surface area contributed by atoms with Crippen molar-refractivity contribution in [2.24, 2.45) is 0 Å². The van der Waals surface area contributed by atoms with E-state index < -0.39 is 17.4 Å². The number of fused-ring (bicyclic) bond motifs is 5. The number of hydrogen-bond donors (Lipinski definition) is 3. The van der Waals surface area contributed by atoms with E-state index >= 15 is 0 Å². The first-order valence-electron chi connectivity index (χ1n) is 22.6. The number of ether oxygens (including phenoxy) is 2. The first kappa shape index (κ1) is 43.2. The summed E-state index contributed by atoms with van der Waals surface area (Å²) in [5.41, 5.74) is 8.98. The fourth-order valence-electron chi connectivity index (χ4n) is 10.4. The number of piperidine rings is 2. The average molecular weight is 869 g/mol. The lowest BCUT2D eigenvalue weighted by Gasteiger charge is -2.44. The van der Waals surface area contributed by atoms with Crippen LogP contribution < -0.4 is 15.5 Å². The van der Waals surface area contributed by atoms with E-state index in [2.05, 4.69) is 63.2 Å². The minimum Gasteiger partial charge on any atom is -0.382 e. The summed E-state index contributed by atoms with van der Waals surface area (Å²) < 4.78 is 11.5. The summed E-state index contributed by atoms with van der Waals surface area (Å²) >= 11 is 0. The Labute approximate surface area is 373 Å². The second-order valence-electron chi connectivity index (χ2n) is 18.0. The van der Waals surface area contributed by atoms with E-state index in [9.17, 15) is 24.0 Å². The first-order chi connectivity index (χ1) is 31.0. The second kappa shape index (κ2) is 17.8. The lowest BCUT2D eigenvalue weighted by atomic mass is 9.70. The van der Waals surface area contributed by atoms with E-state index in [-0.39, 0.29) is 36.5 Å². The third kappa shape index (κ3) is 8.03. The van der Waals surface area contributed by atoms with Crippen molar-refractivity contribution in [3.63, 3.8) is 0 Å². The van der Waals surface area contributed by atoms with Gasteiger partial charge in [0.25, 0.3) is 5.91 Å². The van der Waals surface area contributed by atoms with Crippen LogP contribution in [0.2, 0.25) is 0 Å². The normalized spacial score (nSPS) is 20.0. The number of carbonyl (C=O) groups is 5. The standard InChI is InChI=1S/C49H56N8O7/c1-5-30-25-35-37(49(2,3)46-44(45(35)60)34-10-9-31(50-4)26-39(34)52-46)27-41(30)55-16-13-32(14-17-55)54-18-20-56(21-19-54)43(59)29-64-24-23-63-22-15-51-38-8-6-7-33-36(38)28-57(48(33)62)40-11-12-42(58)53-47(40)61/h6-10,25-27,32,40,51-52H,5,11-24,28-29H2,1-3H3,(H,53,58,61). The zero-order valence-corrected chi connectivity index (χ0v) is 36.9. The summed E-state index contributed by atoms with van der Waals surface area (Å²) in [5, 5.41) is 6.55. The van der Waals surface area contributed by atoms with Gasteiger partial charge in [0.05, 0.1) is 32.0 Å². The number of anilines is 2. The molecule has 9 rings (SSSR count). The van der Waals surface area contributed by atoms with Crippen LogP contribution in [-0.2, 0) is 42.2 Å². The van der Waals surface area contributed by atoms with Gasteiger partial charge in [0.1, 0.15) is 12.6 Å². The topological polar surface area (TPSA) is 161 Å². The lowest BCUT2D eigenvalue weighted by molar-refractivity contribution is -0.139. The molecule has 15 nitrogen and oxygen atoms in total. The molecule has 3 saturated heterocycles. The fourth-order valence-corrected chi connectivity index (χ4v) is 10.4. The number of benzene rings is 3. The van der Waals surface area contributed by atoms with Gasteiger partial charge in [0, 0.05) is 115 Å². The fraction of sp³-hybridized carbons (Fsp3) is 0.469. The molecule has 4 aromatic rings. The summed E-state index contributed by atoms with van der Waals surface area (Å²) in [7, 11) is 0. The maximum absolute atomic E-state index is 14.1. The van der Waals surface area contributed by atoms with Crippen molar-refractivity contribution in [1.29, 1.82) is 0 Å². The number of hydrogen-bond acceptors (Lipinski definition) is 10. The average Bonchev–Trinajstić information content (AvgIpc) is 3.87. The molecule has 3 aromatic carbocycles. The van der Waals surface area contributed by atoms with Crippen molar-refractivity contribution in [3.05, 3.63) is 99.0 Å². The number of imide groups is 1. The molecule has 4 aliphatic heterocycles. The minimum atomic E-state index is -0.659. The van der Waals surface area contributed by atoms with E-state index in [1.165, 1.54) is 16.2 Å². The SMILES string of the molecule is [C-]#[N+]c1ccc2c3c([nH]c2c1)C(C)(C)c1cc(N2CCC(N4CCN(C(=O)COCCOCCNc5cccc6c5CN(C5CCC(=O)NC5=O)C6=O)CC4)CC2)c(CC)cc1C3=O. The van der Waals surface area contributed by atoms with Crippen molar-refractivity contribution in [2.75, 3.05) is 82.5 Å². The third-order valence-corrected chi connectivity index (χ3v) is 14.0. The zero-order chi connectivity index (χ0) is 44.7. The van der Waals surface area contributed by atoms with Crippen molar-refractivity contribution < 1.29 is 33.4 Å². The van der Waals surface area contributed by atoms with Gasteiger partial charge in [0.15, 0.2) is 11.5 Å². The maximum atomic E-state index is 14.1. The Balaban J connectivity index is 0.695. The number of amides is 4. The van der Waals surface area contributed by atoms with Gasteiger partial charge < -0.3 is 34.5 Å². The number of H-pyrrole nitrogens is 1. The maximum Gasteiger partial charge on any atom is 0.255 e. The van der Waals surface area contributed by atoms with Crippen molar-refractivity contribution in [3.8, 4) is 0 Å². The highest BCUT2D eigenvalue weighted by atomic mass is 16.5. The summed E-state index contributed by atoms with van der Waals surface area (Å²) in [6.07, 6.45) is 3.42. The highest BCUT2D eigenvalue weighted by Gasteiger charge is 2.42. The Morgan fingerprint density at radius 3 is 2.45 bits per heavy atom. The van der Waals surface area contributed by atoms with E-state index in [1.807, 2.05) is 29.2 Å². The number of rotatable bonds is 13. The molecule has 5 heterocycles. The third-order valence-electron chi connectivity index (χ3n) is 14.0. The number of aromatic nitrogens is 1. The van der Waals surface area contributed by atoms with Crippen LogP contribution >= 0.6 is 0 Å². The van der Waals surface area contributed by atoms with E-state index in [1.54, 1.807) is 12.1 Å². The van der Waals surface area contributed by atoms with Gasteiger partial charge in [0.2, 0.25) is 17.7 Å². The molecule has 0 saturated carbocycles. The summed E-state index contributed by atoms with van der Waals surface area (Å²) in [6.45, 7) is 20.7. The van der Waals surface area contributed by atoms with Crippen LogP contribution in [0.1, 0.15) is 95.1 Å². The van der Waals surface area contributed by atoms with E-state index in [0.717, 1.165) is 90.0 Å². The zero-order valence-electron chi connectivity index (χ0n) is 36.9. The Morgan fingerprint density at radius 2 is 1.70 bits per heavy atom. The summed E-state index contributed by atoms with van der Waals surface area (Å²) in [5.74, 6) is -0.918. The number of nitrogens with zero attached hydrogens (tertiary/aromatic N) is 5. The quantitative estimate of drug-likeness (QED) is 0.0930. The molecule has 3 N–H and O–H groups in total. The van der Waals surface area contributed by atoms with Gasteiger partial charge in [-0.2, -0.15) is 0 Å². The number of aryl methyl sites for hydroxylation is 1. The predicted molar refractivity (Wildman–Crippen MR) is 242 cm³/mol. The molecule has 0 spiro atoms. The summed E-state index contributed by atoms with van der Waals surface area (Å²) in [4.78, 5) is 79.9. The molecule has 0 radical (unpaired) electrons. The van der Waals surface area contributed by atoms with Crippen molar-refractivity contribution in [2.45, 2.75) is 76.9 Å². The van der Waals surface area contributed by atoms with Crippen LogP contribution in [0.15, 0.2) is 48.5 Å². The summed E-state index contributed by atoms with van der Waals surface area (Å²) in [6, 6.07) is 15.2. The van der Waals surface area contributed by atoms with E-state index in [0.29, 0.717) is 69.7 Å². The Morgan fingerprint density at radius 1 is 0.922 bits per heavy atom. The molecule has 1 atom stereocenters. The van der Waals surface area contributed by atoms with Gasteiger partial charge in [-0.05, 0) is 67.1 Å². The number of aromatic amines is 1. The molecule has 15 heteroatoms. The molecule has 4 amide bonds. The molecule has 334 valence electrons. The highest BCUT2D eigenvalue weighted by Crippen LogP contribution is 2.46. The molecule has 64 heavy (non-hydrogen) atoms. The number of carbonyl (C=O) groups excluding carboxylic acids is 5. The molecule has 1 aromatic heterocycles. The van der Waals surface area contributed by atoms with Crippen LogP contribution in [0.25, 0.3) is 15.7 Å². The largest absolute Gasteiger partial charge is 0.382 e. The first-order valence-corrected chi connectivity index (χ1v) is 22.6. The predicted octanol–water partition coefficient (Wildman–Crippen LogP) is 5.17. The number of ketones is 1. The molecule has 0 bridgehead atoms. The minimum absolute atomic E-state index is 0.0106. The Bertz CT molecular complexity index is 2560. The van der Waals surface area contributed by atoms with Crippen molar-refractivity contribution >= 4 is 57.4 Å². The lowest BCUT2D eigenvalue weighted by Crippen LogP contribution is -2.55. The van der Waals surface area contributed by atoms with Gasteiger partial charge in [-0.25, -0.2) is 4.85 Å². The Hall–Kier alpha value is -6.08. The van der Waals surface area contributed by atoms with Gasteiger partial charge >= 0.3 is 0 Å². The van der Waals surface area contributed by atoms with Crippen LogP contribution in [0.4, 0.5) is 17.1 Å². The van der Waals surface area contributed by atoms with Gasteiger partial charge in [-0.15, -0.1) is 0 Å². The van der Waals surface area contributed by atoms with Gasteiger partial charge in [-0.3, -0.25) is 34.2 Å². The Kier molecular flexibility index (Phi) is 12.0. The molecular weight excluding hydrogens is 813 g/mol. The van der Waals surface area contributed by atoms with Crippen LogP contribution in [0.5, 0.6) is 0 Å². The van der Waals surface area contributed by atoms with Crippen LogP contribution in [0.3, 0.4) is 0 Å². The number of nitrogens with one attached hydrogen (secondary N) is 3. The molecule has 1 unspecified atom stereocenters. The molecule has 3 fully saturated rings.